The van der Waals surface area contributed by atoms with Gasteiger partial charge in [0.05, 0.1) is 23.6 Å². The number of benzene rings is 1. The van der Waals surface area contributed by atoms with E-state index in [4.69, 9.17) is 0 Å². The average molecular weight is 635 g/mol. The lowest BCUT2D eigenvalue weighted by Gasteiger charge is -2.37. The number of hydrogen-bond donors (Lipinski definition) is 4. The van der Waals surface area contributed by atoms with E-state index in [9.17, 15) is 37.9 Å². The zero-order valence-electron chi connectivity index (χ0n) is 24.0. The number of nitrogens with one attached hydrogen (secondary N) is 2. The van der Waals surface area contributed by atoms with E-state index in [1.165, 1.54) is 23.2 Å². The van der Waals surface area contributed by atoms with Gasteiger partial charge in [0.15, 0.2) is 0 Å². The molecule has 4 aliphatic rings. The van der Waals surface area contributed by atoms with Gasteiger partial charge in [-0.15, -0.1) is 11.3 Å². The normalized spacial score (nSPS) is 32.2. The lowest BCUT2D eigenvalue weighted by molar-refractivity contribution is -0.143. The summed E-state index contributed by atoms with van der Waals surface area (Å²) in [6.45, 7) is 3.55. The van der Waals surface area contributed by atoms with Crippen LogP contribution in [0, 0.1) is 11.3 Å². The Morgan fingerprint density at radius 1 is 1.14 bits per heavy atom. The first-order valence-electron chi connectivity index (χ1n) is 14.6. The molecular formula is C29H36FN4O7PS. The molecule has 43 heavy (non-hydrogen) atoms. The zero-order chi connectivity index (χ0) is 30.8. The molecule has 0 spiro atoms. The molecule has 11 nitrogen and oxygen atoms in total. The van der Waals surface area contributed by atoms with E-state index in [-0.39, 0.29) is 42.3 Å². The van der Waals surface area contributed by atoms with Gasteiger partial charge in [-0.3, -0.25) is 23.7 Å². The number of fused-ring (bicyclic) bond motifs is 3. The Kier molecular flexibility index (Phi) is 7.68. The van der Waals surface area contributed by atoms with Crippen LogP contribution < -0.4 is 10.6 Å². The van der Waals surface area contributed by atoms with E-state index in [1.54, 1.807) is 29.2 Å². The lowest BCUT2D eigenvalue weighted by atomic mass is 9.90. The van der Waals surface area contributed by atoms with Gasteiger partial charge in [-0.2, -0.15) is 0 Å². The number of rotatable bonds is 6. The second-order valence-corrected chi connectivity index (χ2v) is 15.6. The summed E-state index contributed by atoms with van der Waals surface area (Å²) in [5, 5.41) is 6.36. The maximum absolute atomic E-state index is 14.6. The SMILES string of the molecule is CC(=O)N1C[C@H](NC(=O)[C@@H]2CC[C@@H]3C[C@]4(C)C[C@@H]4C[C@H](NC(=O)c4cc5cc(CP(=O)(O)O)ccc5s4)C(=O)N32)[C@@H](F)C1. The van der Waals surface area contributed by atoms with Crippen LogP contribution in [0.1, 0.15) is 61.2 Å². The molecule has 1 aromatic heterocycles. The first-order valence-corrected chi connectivity index (χ1v) is 17.2. The van der Waals surface area contributed by atoms with Gasteiger partial charge in [0, 0.05) is 24.2 Å². The van der Waals surface area contributed by atoms with Crippen molar-refractivity contribution in [2.45, 2.75) is 82.5 Å². The largest absolute Gasteiger partial charge is 0.347 e. The van der Waals surface area contributed by atoms with Crippen LogP contribution in [0.25, 0.3) is 10.1 Å². The standard InChI is InChI=1S/C29H36FN4O7PS/c1-15(35)33-12-20(30)22(13-33)32-26(36)23-5-4-19-11-29(2)10-18(29)9-21(28(38)34(19)23)31-27(37)25-8-17-7-16(14-42(39,40)41)3-6-24(17)43-25/h3,6-8,18-23H,4-5,9-14H2,1-2H3,(H,31,37)(H,32,36)(H2,39,40,41)/t18-,19+,20-,21-,22-,23-,29-/m0/s1. The van der Waals surface area contributed by atoms with Crippen LogP contribution in [0.4, 0.5) is 4.39 Å². The van der Waals surface area contributed by atoms with E-state index in [2.05, 4.69) is 17.6 Å². The number of nitrogens with zero attached hydrogens (tertiary/aromatic N) is 2. The van der Waals surface area contributed by atoms with Crippen molar-refractivity contribution in [1.29, 1.82) is 0 Å². The first-order chi connectivity index (χ1) is 20.2. The van der Waals surface area contributed by atoms with E-state index < -0.39 is 49.9 Å². The molecule has 1 aromatic carbocycles. The summed E-state index contributed by atoms with van der Waals surface area (Å²) < 4.78 is 26.9. The minimum Gasteiger partial charge on any atom is -0.347 e. The maximum Gasteiger partial charge on any atom is 0.329 e. The molecule has 4 amide bonds. The molecule has 6 rings (SSSR count). The lowest BCUT2D eigenvalue weighted by Crippen LogP contribution is -2.58. The van der Waals surface area contributed by atoms with Gasteiger partial charge in [0.25, 0.3) is 5.91 Å². The number of amides is 4. The monoisotopic (exact) mass is 634 g/mol. The van der Waals surface area contributed by atoms with Gasteiger partial charge < -0.3 is 30.2 Å². The summed E-state index contributed by atoms with van der Waals surface area (Å²) in [5.74, 6) is -1.16. The van der Waals surface area contributed by atoms with Gasteiger partial charge in [0.1, 0.15) is 18.3 Å². The van der Waals surface area contributed by atoms with E-state index in [1.807, 2.05) is 0 Å². The smallest absolute Gasteiger partial charge is 0.329 e. The number of carbonyl (C=O) groups excluding carboxylic acids is 4. The Balaban J connectivity index is 1.20. The fraction of sp³-hybridized carbons (Fsp3) is 0.586. The second kappa shape index (κ2) is 10.9. The van der Waals surface area contributed by atoms with Gasteiger partial charge in [-0.05, 0) is 72.6 Å². The van der Waals surface area contributed by atoms with Crippen molar-refractivity contribution in [1.82, 2.24) is 20.4 Å². The van der Waals surface area contributed by atoms with Crippen molar-refractivity contribution in [3.8, 4) is 0 Å². The number of thiophene rings is 1. The minimum absolute atomic E-state index is 0.0162. The molecule has 0 unspecified atom stereocenters. The van der Waals surface area contributed by atoms with E-state index in [0.717, 1.165) is 17.5 Å². The Bertz CT molecular complexity index is 1550. The highest BCUT2D eigenvalue weighted by molar-refractivity contribution is 7.50. The highest BCUT2D eigenvalue weighted by atomic mass is 32.1. The topological polar surface area (TPSA) is 156 Å². The fourth-order valence-corrected chi connectivity index (χ4v) is 8.85. The second-order valence-electron chi connectivity index (χ2n) is 12.9. The van der Waals surface area contributed by atoms with E-state index in [0.29, 0.717) is 35.1 Å². The molecule has 7 atom stereocenters. The first kappa shape index (κ1) is 30.2. The Hall–Kier alpha value is -2.86. The fourth-order valence-electron chi connectivity index (χ4n) is 7.23. The predicted molar refractivity (Wildman–Crippen MR) is 157 cm³/mol. The van der Waals surface area contributed by atoms with Gasteiger partial charge in [0.2, 0.25) is 17.7 Å². The van der Waals surface area contributed by atoms with Crippen LogP contribution in [0.15, 0.2) is 24.3 Å². The van der Waals surface area contributed by atoms with E-state index >= 15 is 0 Å². The Morgan fingerprint density at radius 3 is 2.60 bits per heavy atom. The number of hydrogen-bond acceptors (Lipinski definition) is 6. The highest BCUT2D eigenvalue weighted by Gasteiger charge is 2.57. The molecule has 4 heterocycles. The number of carbonyl (C=O) groups is 4. The van der Waals surface area contributed by atoms with Gasteiger partial charge in [-0.1, -0.05) is 13.0 Å². The summed E-state index contributed by atoms with van der Waals surface area (Å²) in [5.41, 5.74) is 0.478. The molecular weight excluding hydrogens is 598 g/mol. The molecule has 4 fully saturated rings. The molecule has 4 N–H and O–H groups in total. The minimum atomic E-state index is -4.25. The van der Waals surface area contributed by atoms with Crippen LogP contribution in [0.5, 0.6) is 0 Å². The summed E-state index contributed by atoms with van der Waals surface area (Å²) in [6, 6.07) is 4.03. The van der Waals surface area contributed by atoms with Crippen molar-refractivity contribution in [3.05, 3.63) is 34.7 Å². The molecule has 232 valence electrons. The van der Waals surface area contributed by atoms with Gasteiger partial charge in [-0.25, -0.2) is 4.39 Å². The van der Waals surface area contributed by atoms with Crippen LogP contribution in [0.2, 0.25) is 0 Å². The molecule has 3 aliphatic heterocycles. The van der Waals surface area contributed by atoms with Crippen molar-refractivity contribution in [3.63, 3.8) is 0 Å². The zero-order valence-corrected chi connectivity index (χ0v) is 25.7. The highest BCUT2D eigenvalue weighted by Crippen LogP contribution is 2.60. The molecule has 2 aromatic rings. The Morgan fingerprint density at radius 2 is 1.91 bits per heavy atom. The molecule has 1 aliphatic carbocycles. The molecule has 3 saturated heterocycles. The summed E-state index contributed by atoms with van der Waals surface area (Å²) in [4.78, 5) is 74.7. The predicted octanol–water partition coefficient (Wildman–Crippen LogP) is 2.54. The van der Waals surface area contributed by atoms with Crippen LogP contribution in [-0.4, -0.2) is 86.6 Å². The van der Waals surface area contributed by atoms with Crippen molar-refractivity contribution in [2.24, 2.45) is 11.3 Å². The van der Waals surface area contributed by atoms with Crippen molar-refractivity contribution >= 4 is 52.6 Å². The summed E-state index contributed by atoms with van der Waals surface area (Å²) >= 11 is 1.23. The molecule has 0 bridgehead atoms. The molecule has 1 saturated carbocycles. The number of halogens is 1. The number of likely N-dealkylation sites (tertiary alicyclic amines) is 1. The summed E-state index contributed by atoms with van der Waals surface area (Å²) in [6.07, 6.45) is 1.46. The quantitative estimate of drug-likeness (QED) is 0.356. The third-order valence-electron chi connectivity index (χ3n) is 9.64. The van der Waals surface area contributed by atoms with Crippen LogP contribution in [-0.2, 0) is 25.1 Å². The van der Waals surface area contributed by atoms with Crippen LogP contribution in [0.3, 0.4) is 0 Å². The third kappa shape index (κ3) is 6.09. The summed E-state index contributed by atoms with van der Waals surface area (Å²) in [7, 11) is -4.25. The molecule has 14 heteroatoms. The Labute approximate surface area is 252 Å². The van der Waals surface area contributed by atoms with Crippen molar-refractivity contribution in [2.75, 3.05) is 13.1 Å². The molecule has 0 radical (unpaired) electrons. The third-order valence-corrected chi connectivity index (χ3v) is 11.5. The number of alkyl halides is 1. The van der Waals surface area contributed by atoms with Crippen LogP contribution >= 0.6 is 18.9 Å². The average Bonchev–Trinajstić information content (AvgIpc) is 3.31. The maximum atomic E-state index is 14.6. The van der Waals surface area contributed by atoms with Crippen molar-refractivity contribution < 1.29 is 37.9 Å². The van der Waals surface area contributed by atoms with Gasteiger partial charge >= 0.3 is 7.60 Å².